The molecule has 0 saturated carbocycles. The number of aryl methyl sites for hydroxylation is 1. The molecule has 0 radical (unpaired) electrons. The highest BCUT2D eigenvalue weighted by Crippen LogP contribution is 2.21. The van der Waals surface area contributed by atoms with Crippen molar-refractivity contribution in [3.05, 3.63) is 59.7 Å². The quantitative estimate of drug-likeness (QED) is 0.646. The lowest BCUT2D eigenvalue weighted by molar-refractivity contribution is 0.155. The number of rotatable bonds is 8. The molecule has 5 nitrogen and oxygen atoms in total. The minimum atomic E-state index is -0.676. The number of para-hydroxylation sites is 2. The number of nitrogens with zero attached hydrogens (tertiary/aromatic N) is 2. The number of ether oxygens (including phenoxy) is 1. The zero-order chi connectivity index (χ0) is 18.5. The van der Waals surface area contributed by atoms with Gasteiger partial charge in [0.25, 0.3) is 0 Å². The van der Waals surface area contributed by atoms with Crippen molar-refractivity contribution >= 4 is 11.0 Å². The lowest BCUT2D eigenvalue weighted by Crippen LogP contribution is -2.26. The highest BCUT2D eigenvalue weighted by atomic mass is 16.5. The average Bonchev–Trinajstić information content (AvgIpc) is 2.92. The summed E-state index contributed by atoms with van der Waals surface area (Å²) in [5.74, 6) is 0.799. The van der Waals surface area contributed by atoms with Gasteiger partial charge in [0, 0.05) is 6.54 Å². The molecule has 0 aliphatic carbocycles. The van der Waals surface area contributed by atoms with Gasteiger partial charge in [0.2, 0.25) is 5.62 Å². The van der Waals surface area contributed by atoms with Crippen molar-refractivity contribution < 1.29 is 9.84 Å². The standard InChI is InChI=1S/C21H27N3O2/c1-3-5-14-23-18-8-6-7-9-19(18)24(21(23)22)15-20(25)16-10-12-17(13-11-16)26-4-2/h6-13,20,22,25H,3-5,14-15H2,1-2H3. The van der Waals surface area contributed by atoms with Gasteiger partial charge in [0.15, 0.2) is 0 Å². The number of hydrogen-bond acceptors (Lipinski definition) is 3. The van der Waals surface area contributed by atoms with E-state index < -0.39 is 6.10 Å². The van der Waals surface area contributed by atoms with Gasteiger partial charge in [-0.3, -0.25) is 5.41 Å². The Hall–Kier alpha value is -2.53. The van der Waals surface area contributed by atoms with E-state index >= 15 is 0 Å². The van der Waals surface area contributed by atoms with Crippen molar-refractivity contribution in [3.63, 3.8) is 0 Å². The van der Waals surface area contributed by atoms with Crippen LogP contribution in [-0.4, -0.2) is 20.8 Å². The molecule has 1 heterocycles. The number of aliphatic hydroxyl groups is 1. The molecule has 138 valence electrons. The van der Waals surface area contributed by atoms with Gasteiger partial charge in [-0.1, -0.05) is 37.6 Å². The SMILES string of the molecule is CCCCn1c(=N)n(CC(O)c2ccc(OCC)cc2)c2ccccc21. The van der Waals surface area contributed by atoms with Crippen molar-refractivity contribution in [1.82, 2.24) is 9.13 Å². The maximum Gasteiger partial charge on any atom is 0.203 e. The Balaban J connectivity index is 1.90. The lowest BCUT2D eigenvalue weighted by Gasteiger charge is -2.13. The molecule has 2 N–H and O–H groups in total. The number of imidazole rings is 1. The fourth-order valence-electron chi connectivity index (χ4n) is 3.25. The van der Waals surface area contributed by atoms with Gasteiger partial charge in [-0.15, -0.1) is 0 Å². The molecule has 0 aliphatic rings. The highest BCUT2D eigenvalue weighted by Gasteiger charge is 2.15. The number of unbranched alkanes of at least 4 members (excludes halogenated alkanes) is 1. The van der Waals surface area contributed by atoms with Crippen LogP contribution in [0.4, 0.5) is 0 Å². The van der Waals surface area contributed by atoms with Gasteiger partial charge in [-0.05, 0) is 43.2 Å². The Labute approximate surface area is 154 Å². The summed E-state index contributed by atoms with van der Waals surface area (Å²) in [6.07, 6.45) is 1.44. The molecule has 1 unspecified atom stereocenters. The lowest BCUT2D eigenvalue weighted by atomic mass is 10.1. The molecular formula is C21H27N3O2. The molecule has 1 atom stereocenters. The first-order chi connectivity index (χ1) is 12.7. The summed E-state index contributed by atoms with van der Waals surface area (Å²) < 4.78 is 9.38. The topological polar surface area (TPSA) is 63.2 Å². The summed E-state index contributed by atoms with van der Waals surface area (Å²) >= 11 is 0. The first kappa shape index (κ1) is 18.3. The van der Waals surface area contributed by atoms with Crippen LogP contribution >= 0.6 is 0 Å². The second-order valence-corrected chi connectivity index (χ2v) is 6.45. The van der Waals surface area contributed by atoms with E-state index in [9.17, 15) is 5.11 Å². The molecule has 26 heavy (non-hydrogen) atoms. The van der Waals surface area contributed by atoms with E-state index in [0.29, 0.717) is 18.8 Å². The highest BCUT2D eigenvalue weighted by molar-refractivity contribution is 5.75. The van der Waals surface area contributed by atoms with Gasteiger partial charge in [-0.2, -0.15) is 0 Å². The Morgan fingerprint density at radius 2 is 1.65 bits per heavy atom. The number of fused-ring (bicyclic) bond motifs is 1. The molecule has 5 heteroatoms. The van der Waals surface area contributed by atoms with E-state index in [1.807, 2.05) is 64.6 Å². The molecule has 2 aromatic carbocycles. The molecule has 0 spiro atoms. The number of aromatic nitrogens is 2. The number of nitrogens with one attached hydrogen (secondary N) is 1. The van der Waals surface area contributed by atoms with Crippen LogP contribution in [0.25, 0.3) is 11.0 Å². The van der Waals surface area contributed by atoms with Gasteiger partial charge in [0.1, 0.15) is 5.75 Å². The third-order valence-electron chi connectivity index (χ3n) is 4.64. The molecule has 1 aromatic heterocycles. The van der Waals surface area contributed by atoms with Crippen LogP contribution in [0.1, 0.15) is 38.4 Å². The number of aliphatic hydroxyl groups excluding tert-OH is 1. The smallest absolute Gasteiger partial charge is 0.203 e. The van der Waals surface area contributed by atoms with E-state index in [0.717, 1.165) is 41.7 Å². The van der Waals surface area contributed by atoms with E-state index in [4.69, 9.17) is 10.1 Å². The van der Waals surface area contributed by atoms with E-state index in [2.05, 4.69) is 6.92 Å². The molecule has 0 amide bonds. The molecular weight excluding hydrogens is 326 g/mol. The minimum Gasteiger partial charge on any atom is -0.494 e. The average molecular weight is 353 g/mol. The first-order valence-electron chi connectivity index (χ1n) is 9.29. The predicted octanol–water partition coefficient (Wildman–Crippen LogP) is 3.85. The largest absolute Gasteiger partial charge is 0.494 e. The summed E-state index contributed by atoms with van der Waals surface area (Å²) in [5, 5.41) is 19.3. The second-order valence-electron chi connectivity index (χ2n) is 6.45. The zero-order valence-electron chi connectivity index (χ0n) is 15.5. The summed E-state index contributed by atoms with van der Waals surface area (Å²) in [6, 6.07) is 15.6. The molecule has 3 aromatic rings. The normalized spacial score (nSPS) is 12.4. The van der Waals surface area contributed by atoms with Crippen LogP contribution in [0.2, 0.25) is 0 Å². The van der Waals surface area contributed by atoms with Gasteiger partial charge in [0.05, 0.1) is 30.3 Å². The third kappa shape index (κ3) is 3.68. The summed E-state index contributed by atoms with van der Waals surface area (Å²) in [5.41, 5.74) is 3.29. The number of benzene rings is 2. The van der Waals surface area contributed by atoms with Gasteiger partial charge >= 0.3 is 0 Å². The van der Waals surface area contributed by atoms with Crippen LogP contribution in [0, 0.1) is 5.41 Å². The minimum absolute atomic E-state index is 0.354. The summed E-state index contributed by atoms with van der Waals surface area (Å²) in [6.45, 7) is 5.90. The zero-order valence-corrected chi connectivity index (χ0v) is 15.5. The van der Waals surface area contributed by atoms with Crippen molar-refractivity contribution in [2.24, 2.45) is 0 Å². The molecule has 0 fully saturated rings. The van der Waals surface area contributed by atoms with Crippen molar-refractivity contribution in [2.45, 2.75) is 45.9 Å². The Bertz CT molecular complexity index is 909. The van der Waals surface area contributed by atoms with E-state index in [1.165, 1.54) is 0 Å². The van der Waals surface area contributed by atoms with E-state index in [1.54, 1.807) is 0 Å². The maximum atomic E-state index is 10.7. The second kappa shape index (κ2) is 8.23. The molecule has 3 rings (SSSR count). The molecule has 0 saturated heterocycles. The molecule has 0 bridgehead atoms. The Morgan fingerprint density at radius 1 is 1.00 bits per heavy atom. The van der Waals surface area contributed by atoms with Gasteiger partial charge in [-0.25, -0.2) is 0 Å². The third-order valence-corrected chi connectivity index (χ3v) is 4.64. The van der Waals surface area contributed by atoms with Gasteiger partial charge < -0.3 is 19.0 Å². The van der Waals surface area contributed by atoms with Crippen LogP contribution in [0.3, 0.4) is 0 Å². The Morgan fingerprint density at radius 3 is 2.27 bits per heavy atom. The maximum absolute atomic E-state index is 10.7. The van der Waals surface area contributed by atoms with Crippen molar-refractivity contribution in [2.75, 3.05) is 6.61 Å². The van der Waals surface area contributed by atoms with Crippen LogP contribution in [-0.2, 0) is 13.1 Å². The monoisotopic (exact) mass is 353 g/mol. The number of hydrogen-bond donors (Lipinski definition) is 2. The van der Waals surface area contributed by atoms with Crippen LogP contribution in [0.15, 0.2) is 48.5 Å². The van der Waals surface area contributed by atoms with Crippen molar-refractivity contribution in [3.8, 4) is 5.75 Å². The van der Waals surface area contributed by atoms with E-state index in [-0.39, 0.29) is 0 Å². The van der Waals surface area contributed by atoms with Crippen LogP contribution in [0.5, 0.6) is 5.75 Å². The summed E-state index contributed by atoms with van der Waals surface area (Å²) in [7, 11) is 0. The fraction of sp³-hybridized carbons (Fsp3) is 0.381. The van der Waals surface area contributed by atoms with Crippen LogP contribution < -0.4 is 10.4 Å². The fourth-order valence-corrected chi connectivity index (χ4v) is 3.25. The Kier molecular flexibility index (Phi) is 5.78. The van der Waals surface area contributed by atoms with Crippen molar-refractivity contribution in [1.29, 1.82) is 5.41 Å². The first-order valence-corrected chi connectivity index (χ1v) is 9.29. The predicted molar refractivity (Wildman–Crippen MR) is 103 cm³/mol. The molecule has 0 aliphatic heterocycles. The summed E-state index contributed by atoms with van der Waals surface area (Å²) in [4.78, 5) is 0.